The van der Waals surface area contributed by atoms with Gasteiger partial charge in [0.2, 0.25) is 23.6 Å². The van der Waals surface area contributed by atoms with E-state index in [1.807, 2.05) is 0 Å². The Morgan fingerprint density at radius 3 is 1.05 bits per heavy atom. The molecule has 746 valence electrons. The first-order valence-corrected chi connectivity index (χ1v) is 40.8. The Morgan fingerprint density at radius 2 is 0.628 bits per heavy atom. The van der Waals surface area contributed by atoms with E-state index in [1.165, 1.54) is 0 Å². The number of hydrogen-bond donors (Lipinski definition) is 34. The first-order valence-electron chi connectivity index (χ1n) is 40.8. The average Bonchev–Trinajstić information content (AvgIpc) is 0.782. The van der Waals surface area contributed by atoms with E-state index in [9.17, 15) is 177 Å². The van der Waals surface area contributed by atoms with Crippen LogP contribution < -0.4 is 21.3 Å². The van der Waals surface area contributed by atoms with Gasteiger partial charge >= 0.3 is 5.97 Å². The van der Waals surface area contributed by atoms with E-state index in [2.05, 4.69) is 21.3 Å². The molecule has 10 rings (SSSR count). The lowest BCUT2D eigenvalue weighted by Gasteiger charge is -2.51. The molecular weight excluding hydrogens is 1770 g/mol. The van der Waals surface area contributed by atoms with Crippen molar-refractivity contribution in [2.24, 2.45) is 0 Å². The quantitative estimate of drug-likeness (QED) is 0.0280. The summed E-state index contributed by atoms with van der Waals surface area (Å²) in [4.78, 5) is 63.6. The lowest BCUT2D eigenvalue weighted by atomic mass is 9.88. The van der Waals surface area contributed by atoms with Gasteiger partial charge in [-0.15, -0.1) is 0 Å². The summed E-state index contributed by atoms with van der Waals surface area (Å²) in [6.07, 6.45) is -102. The fourth-order valence-corrected chi connectivity index (χ4v) is 16.5. The summed E-state index contributed by atoms with van der Waals surface area (Å²) in [5.41, 5.74) is 0. The van der Waals surface area contributed by atoms with Crippen molar-refractivity contribution in [2.75, 3.05) is 66.1 Å². The summed E-state index contributed by atoms with van der Waals surface area (Å²) in [5.74, 6) is -8.86. The molecule has 4 amide bonds. The second-order valence-corrected chi connectivity index (χ2v) is 32.4. The van der Waals surface area contributed by atoms with Crippen molar-refractivity contribution < 1.29 is 267 Å². The molecule has 0 saturated carbocycles. The van der Waals surface area contributed by atoms with Crippen LogP contribution in [0.3, 0.4) is 0 Å². The van der Waals surface area contributed by atoms with Gasteiger partial charge in [0.05, 0.1) is 78.2 Å². The second kappa shape index (κ2) is 46.1. The average molecular weight is 1890 g/mol. The lowest BCUT2D eigenvalue weighted by molar-refractivity contribution is -0.400. The molecular formula is C71H118N4O54. The van der Waals surface area contributed by atoms with E-state index in [-0.39, 0.29) is 0 Å². The summed E-state index contributed by atoms with van der Waals surface area (Å²) in [7, 11) is 0. The molecule has 10 saturated heterocycles. The van der Waals surface area contributed by atoms with Gasteiger partial charge in [-0.3, -0.25) is 19.2 Å². The van der Waals surface area contributed by atoms with Crippen molar-refractivity contribution in [3.63, 3.8) is 0 Å². The highest BCUT2D eigenvalue weighted by Crippen LogP contribution is 2.42. The maximum Gasteiger partial charge on any atom is 0.364 e. The Kier molecular flexibility index (Phi) is 38.0. The third kappa shape index (κ3) is 23.5. The van der Waals surface area contributed by atoms with E-state index in [0.29, 0.717) is 0 Å². The molecule has 0 aliphatic carbocycles. The minimum Gasteiger partial charge on any atom is -0.477 e. The molecule has 0 aromatic heterocycles. The van der Waals surface area contributed by atoms with Crippen LogP contribution in [0, 0.1) is 0 Å². The fourth-order valence-electron chi connectivity index (χ4n) is 16.5. The molecule has 0 spiro atoms. The van der Waals surface area contributed by atoms with Gasteiger partial charge in [0, 0.05) is 34.1 Å². The number of aliphatic carboxylic acids is 1. The van der Waals surface area contributed by atoms with Crippen molar-refractivity contribution in [1.29, 1.82) is 0 Å². The van der Waals surface area contributed by atoms with Crippen LogP contribution >= 0.6 is 0 Å². The van der Waals surface area contributed by atoms with Crippen LogP contribution in [0.15, 0.2) is 0 Å². The second-order valence-electron chi connectivity index (χ2n) is 32.4. The number of carbonyl (C=O) groups excluding carboxylic acids is 4. The number of hydrogen-bond acceptors (Lipinski definition) is 53. The molecule has 58 nitrogen and oxygen atoms in total. The highest BCUT2D eigenvalue weighted by atomic mass is 16.8. The monoisotopic (exact) mass is 1890 g/mol. The van der Waals surface area contributed by atoms with Gasteiger partial charge in [-0.1, -0.05) is 0 Å². The highest BCUT2D eigenvalue weighted by Gasteiger charge is 2.63. The Hall–Kier alpha value is -4.57. The number of amides is 4. The molecule has 10 fully saturated rings. The predicted molar refractivity (Wildman–Crippen MR) is 393 cm³/mol. The molecule has 51 atom stereocenters. The number of carboxylic acids is 1. The normalized spacial score (nSPS) is 48.1. The van der Waals surface area contributed by atoms with Crippen molar-refractivity contribution in [1.82, 2.24) is 21.3 Å². The smallest absolute Gasteiger partial charge is 0.364 e. The maximum absolute atomic E-state index is 13.2. The SMILES string of the molecule is CC(=O)N[C@@H]1[C@@H](O)[C@H](O[C@@H]2O[C@H](CO)[C@@H](O[C@@H]3O[C@H](CO[C@H]4O[C@H](CO)[C@@H](O)[C@H](O[C@H]5O[C@H](CO)[C@@H](O)[C@H](O)[C@@H]5O[C@H]5O[C@H](CO)[C@@H](O)[C@H](O)[C@@H]5O)[C@@H]4O)[C@@H](O)[C@H](O[C@H]4O[C@H](CO)[C@@H](O)[C@H](O)[C@@H]4O[C@@H]4O[C@H](CO)[C@@H](O[C@@H]5O[C@H](CO[C@]6(C(=O)O)C[C@H](O)[C@@H](NC(C)=O)[C@H]([C@H](O)[C@H](O)CO)O6)[C@H](O)[C@H](O)[C@H]5O)[C@H](O)[C@H]4NC(C)=O)[C@@H]3O)[C@H](O)[C@H]2NC(C)=O)[C@@H](CO)O[C@@H]1O. The number of carbonyl (C=O) groups is 5. The molecule has 0 unspecified atom stereocenters. The summed E-state index contributed by atoms with van der Waals surface area (Å²) >= 11 is 0. The van der Waals surface area contributed by atoms with Gasteiger partial charge in [-0.05, 0) is 0 Å². The summed E-state index contributed by atoms with van der Waals surface area (Å²) in [5, 5.41) is 343. The van der Waals surface area contributed by atoms with Crippen LogP contribution in [0.25, 0.3) is 0 Å². The molecule has 34 N–H and O–H groups in total. The van der Waals surface area contributed by atoms with E-state index in [0.717, 1.165) is 27.7 Å². The standard InChI is InChI=1S/C71H118N4O54/c1-16(84)72-31-20(88)5-71(70(109)110,129-56(31)35(90)21(89)6-76)112-15-30-39(94)46(101)50(105)66(121-30)123-54-27(12-82)119-63(34(44(54)99)75-19(4)87)127-59-47(102)37(92)23(8-78)116-68(59)126-58-41(96)29(120-67(52(58)107)124-55-28(13-83)118-62(33(43(55)98)74-18(3)86)122-53-26(11-81)113-61(108)32(42(53)97)73-17(2)85)14-111-64-51(106)57(40(95)25(10-80)114-64)125-69-60(48(103)38(93)24(9-79)117-69)128-65-49(104)45(100)36(91)22(7-77)115-65/h20-69,76-83,88-108H,5-15H2,1-4H3,(H,72,84)(H,73,85)(H,74,86)(H,75,87)(H,109,110)/t20-,21+,22+,23+,24+,25+,26+,27+,28+,29+,30+,31+,32+,33+,34+,35+,36+,37+,38+,39-,40+,41+,42+,43+,44+,45-,46-,47-,48-,49-,50+,51-,52-,53+,54+,55+,56+,57-,58-,59-,60-,61-,62-,63-,64-,65+,66-,67-,68+,69+,71+/m0/s1. The summed E-state index contributed by atoms with van der Waals surface area (Å²) in [6, 6.07) is -7.46. The van der Waals surface area contributed by atoms with Crippen LogP contribution in [-0.2, 0) is 114 Å². The summed E-state index contributed by atoms with van der Waals surface area (Å²) in [6.45, 7) is -8.03. The van der Waals surface area contributed by atoms with Gasteiger partial charge < -0.3 is 264 Å². The molecule has 129 heavy (non-hydrogen) atoms. The molecule has 0 aromatic rings. The largest absolute Gasteiger partial charge is 0.477 e. The number of rotatable bonds is 35. The molecule has 10 aliphatic heterocycles. The Balaban J connectivity index is 0.946. The number of aliphatic hydroxyl groups excluding tert-OH is 29. The zero-order chi connectivity index (χ0) is 95.3. The number of carboxylic acid groups (broad SMARTS) is 1. The molecule has 0 aromatic carbocycles. The van der Waals surface area contributed by atoms with Gasteiger partial charge in [-0.2, -0.15) is 0 Å². The maximum atomic E-state index is 13.2. The molecule has 10 heterocycles. The highest BCUT2D eigenvalue weighted by molar-refractivity contribution is 5.77. The van der Waals surface area contributed by atoms with Crippen LogP contribution in [0.5, 0.6) is 0 Å². The number of nitrogens with one attached hydrogen (secondary N) is 4. The van der Waals surface area contributed by atoms with Crippen LogP contribution in [0.2, 0.25) is 0 Å². The van der Waals surface area contributed by atoms with E-state index in [1.54, 1.807) is 0 Å². The lowest BCUT2D eigenvalue weighted by Crippen LogP contribution is -2.71. The molecule has 0 bridgehead atoms. The van der Waals surface area contributed by atoms with Gasteiger partial charge in [0.15, 0.2) is 56.6 Å². The first kappa shape index (κ1) is 106. The van der Waals surface area contributed by atoms with E-state index < -0.39 is 414 Å². The van der Waals surface area contributed by atoms with Crippen molar-refractivity contribution >= 4 is 29.6 Å². The van der Waals surface area contributed by atoms with Crippen molar-refractivity contribution in [2.45, 2.75) is 347 Å². The minimum absolute atomic E-state index is 0.812. The molecule has 58 heteroatoms. The molecule has 10 aliphatic rings. The number of ether oxygens (including phenoxy) is 19. The zero-order valence-corrected chi connectivity index (χ0v) is 68.9. The number of aliphatic hydroxyl groups is 29. The topological polar surface area (TPSA) is 916 Å². The van der Waals surface area contributed by atoms with Crippen LogP contribution in [0.1, 0.15) is 34.1 Å². The summed E-state index contributed by atoms with van der Waals surface area (Å²) < 4.78 is 112. The van der Waals surface area contributed by atoms with Crippen molar-refractivity contribution in [3.8, 4) is 0 Å². The first-order chi connectivity index (χ1) is 60.9. The van der Waals surface area contributed by atoms with Gasteiger partial charge in [0.1, 0.15) is 238 Å². The third-order valence-corrected chi connectivity index (χ3v) is 23.4. The predicted octanol–water partition coefficient (Wildman–Crippen LogP) is -23.0. The van der Waals surface area contributed by atoms with Gasteiger partial charge in [0.25, 0.3) is 5.79 Å². The van der Waals surface area contributed by atoms with Crippen LogP contribution in [-0.4, -0.2) is 561 Å². The Morgan fingerprint density at radius 1 is 0.318 bits per heavy atom. The van der Waals surface area contributed by atoms with Crippen molar-refractivity contribution in [3.05, 3.63) is 0 Å². The van der Waals surface area contributed by atoms with Gasteiger partial charge in [-0.25, -0.2) is 4.79 Å². The molecule has 0 radical (unpaired) electrons. The fraction of sp³-hybridized carbons (Fsp3) is 0.930. The van der Waals surface area contributed by atoms with E-state index in [4.69, 9.17) is 90.0 Å². The zero-order valence-electron chi connectivity index (χ0n) is 68.9. The van der Waals surface area contributed by atoms with E-state index >= 15 is 0 Å². The minimum atomic E-state index is -3.11. The Bertz CT molecular complexity index is 3550. The van der Waals surface area contributed by atoms with Crippen LogP contribution in [0.4, 0.5) is 0 Å². The third-order valence-electron chi connectivity index (χ3n) is 23.4. The Labute approximate surface area is 728 Å².